The second-order valence-electron chi connectivity index (χ2n) is 4.12. The van der Waals surface area contributed by atoms with E-state index in [0.29, 0.717) is 5.92 Å². The smallest absolute Gasteiger partial charge is 0.316 e. The minimum absolute atomic E-state index is 0.119. The Morgan fingerprint density at radius 1 is 1.50 bits per heavy atom. The Kier molecular flexibility index (Phi) is 3.64. The maximum atomic E-state index is 10.6. The first-order valence-electron chi connectivity index (χ1n) is 5.31. The maximum Gasteiger partial charge on any atom is 0.316 e. The van der Waals surface area contributed by atoms with Gasteiger partial charge in [-0.05, 0) is 36.5 Å². The van der Waals surface area contributed by atoms with E-state index in [0.717, 1.165) is 18.4 Å². The Bertz CT molecular complexity index is 389. The minimum atomic E-state index is -2.86. The van der Waals surface area contributed by atoms with Crippen molar-refractivity contribution < 1.29 is 19.1 Å². The zero-order chi connectivity index (χ0) is 11.5. The molecular weight excluding hydrogens is 227 g/mol. The number of phenolic OH excluding ortho intramolecular Hbond substituents is 1. The molecule has 1 aliphatic carbocycles. The van der Waals surface area contributed by atoms with Gasteiger partial charge >= 0.3 is 8.25 Å². The third-order valence-electron chi connectivity index (χ3n) is 2.88. The molecule has 88 valence electrons. The summed E-state index contributed by atoms with van der Waals surface area (Å²) in [6, 6.07) is 7.01. The number of aromatic hydroxyl groups is 1. The molecule has 4 nitrogen and oxygen atoms in total. The van der Waals surface area contributed by atoms with Gasteiger partial charge in [0.15, 0.2) is 0 Å². The van der Waals surface area contributed by atoms with Gasteiger partial charge in [0.2, 0.25) is 0 Å². The highest BCUT2D eigenvalue weighted by atomic mass is 31.1. The van der Waals surface area contributed by atoms with Crippen molar-refractivity contribution in [2.75, 3.05) is 6.61 Å². The highest BCUT2D eigenvalue weighted by molar-refractivity contribution is 7.32. The van der Waals surface area contributed by atoms with Crippen LogP contribution < -0.4 is 0 Å². The molecule has 0 saturated heterocycles. The van der Waals surface area contributed by atoms with Crippen LogP contribution in [-0.2, 0) is 9.09 Å². The SMILES string of the molecule is O=[PH](O)OCC(c1cccc(O)c1)C1CC1. The molecule has 1 aliphatic rings. The molecule has 1 aromatic carbocycles. The first-order chi connectivity index (χ1) is 7.66. The standard InChI is InChI=1S/C11H15O4P/c12-10-3-1-2-9(6-10)11(8-4-5-8)7-15-16(13)14/h1-3,6,8,11-12,16H,4-5,7H2,(H,13,14). The van der Waals surface area contributed by atoms with E-state index in [-0.39, 0.29) is 18.3 Å². The summed E-state index contributed by atoms with van der Waals surface area (Å²) in [5.74, 6) is 0.858. The molecule has 2 rings (SSSR count). The van der Waals surface area contributed by atoms with Gasteiger partial charge in [-0.15, -0.1) is 0 Å². The molecule has 0 aliphatic heterocycles. The second-order valence-corrected chi connectivity index (χ2v) is 4.94. The summed E-state index contributed by atoms with van der Waals surface area (Å²) >= 11 is 0. The topological polar surface area (TPSA) is 66.8 Å². The quantitative estimate of drug-likeness (QED) is 0.777. The Balaban J connectivity index is 2.09. The molecule has 1 fully saturated rings. The van der Waals surface area contributed by atoms with Gasteiger partial charge in [-0.3, -0.25) is 4.57 Å². The number of rotatable bonds is 5. The van der Waals surface area contributed by atoms with Gasteiger partial charge in [-0.2, -0.15) is 0 Å². The minimum Gasteiger partial charge on any atom is -0.508 e. The summed E-state index contributed by atoms with van der Waals surface area (Å²) in [5, 5.41) is 9.40. The van der Waals surface area contributed by atoms with Crippen LogP contribution in [0.3, 0.4) is 0 Å². The third-order valence-corrected chi connectivity index (χ3v) is 3.29. The highest BCUT2D eigenvalue weighted by Gasteiger charge is 2.32. The lowest BCUT2D eigenvalue weighted by molar-refractivity contribution is 0.251. The summed E-state index contributed by atoms with van der Waals surface area (Å²) in [6.45, 7) is 0.252. The predicted molar refractivity (Wildman–Crippen MR) is 60.7 cm³/mol. The largest absolute Gasteiger partial charge is 0.508 e. The van der Waals surface area contributed by atoms with Crippen LogP contribution in [0.4, 0.5) is 0 Å². The van der Waals surface area contributed by atoms with Crippen LogP contribution in [0.15, 0.2) is 24.3 Å². The molecular formula is C11H15O4P. The van der Waals surface area contributed by atoms with Gasteiger partial charge in [0.1, 0.15) is 5.75 Å². The van der Waals surface area contributed by atoms with E-state index in [1.54, 1.807) is 18.2 Å². The highest BCUT2D eigenvalue weighted by Crippen LogP contribution is 2.44. The lowest BCUT2D eigenvalue weighted by Gasteiger charge is -2.16. The molecule has 2 atom stereocenters. The second kappa shape index (κ2) is 5.00. The first kappa shape index (κ1) is 11.6. The van der Waals surface area contributed by atoms with Crippen LogP contribution in [0, 0.1) is 5.92 Å². The Labute approximate surface area is 94.8 Å². The lowest BCUT2D eigenvalue weighted by Crippen LogP contribution is -2.07. The van der Waals surface area contributed by atoms with Crippen molar-refractivity contribution in [2.45, 2.75) is 18.8 Å². The van der Waals surface area contributed by atoms with Gasteiger partial charge in [0.25, 0.3) is 0 Å². The lowest BCUT2D eigenvalue weighted by atomic mass is 9.95. The fraction of sp³-hybridized carbons (Fsp3) is 0.455. The summed E-state index contributed by atoms with van der Waals surface area (Å²) in [4.78, 5) is 8.68. The maximum absolute atomic E-state index is 10.6. The summed E-state index contributed by atoms with van der Waals surface area (Å²) in [6.07, 6.45) is 2.24. The molecule has 0 aromatic heterocycles. The van der Waals surface area contributed by atoms with Crippen LogP contribution in [0.2, 0.25) is 0 Å². The molecule has 0 spiro atoms. The van der Waals surface area contributed by atoms with Crippen molar-refractivity contribution >= 4 is 8.25 Å². The molecule has 16 heavy (non-hydrogen) atoms. The van der Waals surface area contributed by atoms with Crippen molar-refractivity contribution in [1.29, 1.82) is 0 Å². The van der Waals surface area contributed by atoms with Crippen molar-refractivity contribution in [3.8, 4) is 5.75 Å². The summed E-state index contributed by atoms with van der Waals surface area (Å²) in [7, 11) is -2.86. The third kappa shape index (κ3) is 3.08. The van der Waals surface area contributed by atoms with Gasteiger partial charge in [0.05, 0.1) is 6.61 Å². The van der Waals surface area contributed by atoms with Crippen LogP contribution in [0.25, 0.3) is 0 Å². The fourth-order valence-corrected chi connectivity index (χ4v) is 2.24. The van der Waals surface area contributed by atoms with Gasteiger partial charge < -0.3 is 14.5 Å². The molecule has 1 aromatic rings. The Hall–Kier alpha value is -0.830. The first-order valence-corrected chi connectivity index (χ1v) is 6.58. The van der Waals surface area contributed by atoms with Crippen molar-refractivity contribution in [2.24, 2.45) is 5.92 Å². The van der Waals surface area contributed by atoms with Crippen molar-refractivity contribution in [3.05, 3.63) is 29.8 Å². The van der Waals surface area contributed by atoms with E-state index in [9.17, 15) is 9.67 Å². The molecule has 0 heterocycles. The average Bonchev–Trinajstić information content (AvgIpc) is 3.02. The van der Waals surface area contributed by atoms with E-state index in [1.165, 1.54) is 0 Å². The van der Waals surface area contributed by atoms with E-state index in [1.807, 2.05) is 6.07 Å². The van der Waals surface area contributed by atoms with E-state index >= 15 is 0 Å². The number of phenols is 1. The number of hydrogen-bond acceptors (Lipinski definition) is 3. The van der Waals surface area contributed by atoms with E-state index in [4.69, 9.17) is 9.42 Å². The Morgan fingerprint density at radius 3 is 2.81 bits per heavy atom. The molecule has 5 heteroatoms. The van der Waals surface area contributed by atoms with Gasteiger partial charge in [0, 0.05) is 5.92 Å². The molecule has 0 bridgehead atoms. The molecule has 2 unspecified atom stereocenters. The average molecular weight is 242 g/mol. The van der Waals surface area contributed by atoms with Crippen molar-refractivity contribution in [1.82, 2.24) is 0 Å². The zero-order valence-corrected chi connectivity index (χ0v) is 9.80. The van der Waals surface area contributed by atoms with Crippen LogP contribution >= 0.6 is 8.25 Å². The summed E-state index contributed by atoms with van der Waals surface area (Å²) in [5.41, 5.74) is 0.978. The van der Waals surface area contributed by atoms with Crippen molar-refractivity contribution in [3.63, 3.8) is 0 Å². The zero-order valence-electron chi connectivity index (χ0n) is 8.80. The number of benzene rings is 1. The fourth-order valence-electron chi connectivity index (χ4n) is 1.92. The van der Waals surface area contributed by atoms with Crippen LogP contribution in [-0.4, -0.2) is 16.6 Å². The Morgan fingerprint density at radius 2 is 2.25 bits per heavy atom. The molecule has 0 radical (unpaired) electrons. The monoisotopic (exact) mass is 242 g/mol. The molecule has 1 saturated carbocycles. The molecule has 2 N–H and O–H groups in total. The predicted octanol–water partition coefficient (Wildman–Crippen LogP) is 2.28. The normalized spacial score (nSPS) is 19.3. The van der Waals surface area contributed by atoms with Gasteiger partial charge in [-0.25, -0.2) is 0 Å². The van der Waals surface area contributed by atoms with E-state index < -0.39 is 8.25 Å². The van der Waals surface area contributed by atoms with Crippen LogP contribution in [0.5, 0.6) is 5.75 Å². The van der Waals surface area contributed by atoms with Crippen LogP contribution in [0.1, 0.15) is 24.3 Å². The molecule has 0 amide bonds. The number of hydrogen-bond donors (Lipinski definition) is 2. The summed E-state index contributed by atoms with van der Waals surface area (Å²) < 4.78 is 15.4. The van der Waals surface area contributed by atoms with E-state index in [2.05, 4.69) is 0 Å². The van der Waals surface area contributed by atoms with Gasteiger partial charge in [-0.1, -0.05) is 12.1 Å².